The zero-order valence-corrected chi connectivity index (χ0v) is 15.9. The lowest BCUT2D eigenvalue weighted by atomic mass is 10.0. The number of benzene rings is 1. The van der Waals surface area contributed by atoms with Crippen LogP contribution in [0.25, 0.3) is 0 Å². The Hall–Kier alpha value is -1.82. The summed E-state index contributed by atoms with van der Waals surface area (Å²) in [7, 11) is 0. The largest absolute Gasteiger partial charge is 0.348 e. The summed E-state index contributed by atoms with van der Waals surface area (Å²) >= 11 is 1.50. The first kappa shape index (κ1) is 18.0. The van der Waals surface area contributed by atoms with Crippen molar-refractivity contribution in [1.82, 2.24) is 20.1 Å². The number of nitrogens with zero attached hydrogens (tertiary/aromatic N) is 3. The molecule has 1 aromatic carbocycles. The van der Waals surface area contributed by atoms with E-state index in [1.807, 2.05) is 32.0 Å². The molecule has 0 aliphatic heterocycles. The van der Waals surface area contributed by atoms with Crippen LogP contribution in [0.4, 0.5) is 0 Å². The monoisotopic (exact) mass is 358 g/mol. The lowest BCUT2D eigenvalue weighted by Gasteiger charge is -2.21. The molecule has 1 saturated carbocycles. The number of rotatable bonds is 8. The first-order chi connectivity index (χ1) is 12.1. The molecule has 1 amide bonds. The summed E-state index contributed by atoms with van der Waals surface area (Å²) in [4.78, 5) is 12.7. The molecule has 1 fully saturated rings. The Morgan fingerprint density at radius 3 is 2.68 bits per heavy atom. The van der Waals surface area contributed by atoms with Crippen LogP contribution in [0.5, 0.6) is 0 Å². The molecule has 1 N–H and O–H groups in total. The summed E-state index contributed by atoms with van der Waals surface area (Å²) in [6.07, 6.45) is 4.32. The topological polar surface area (TPSA) is 59.8 Å². The minimum absolute atomic E-state index is 0.0512. The Labute approximate surface area is 153 Å². The maximum absolute atomic E-state index is 12.7. The van der Waals surface area contributed by atoms with Crippen LogP contribution in [0, 0.1) is 6.92 Å². The molecule has 25 heavy (non-hydrogen) atoms. The second kappa shape index (κ2) is 8.04. The van der Waals surface area contributed by atoms with Gasteiger partial charge < -0.3 is 9.88 Å². The van der Waals surface area contributed by atoms with Crippen molar-refractivity contribution in [3.05, 3.63) is 41.7 Å². The molecule has 1 aliphatic carbocycles. The maximum Gasteiger partial charge on any atom is 0.233 e. The number of carbonyl (C=O) groups excluding carboxylic acids is 1. The Morgan fingerprint density at radius 2 is 2.04 bits per heavy atom. The van der Waals surface area contributed by atoms with Gasteiger partial charge in [0.2, 0.25) is 5.91 Å². The van der Waals surface area contributed by atoms with Crippen LogP contribution >= 0.6 is 11.8 Å². The number of nitrogens with one attached hydrogen (secondary N) is 1. The van der Waals surface area contributed by atoms with E-state index in [0.717, 1.165) is 29.4 Å². The van der Waals surface area contributed by atoms with Gasteiger partial charge in [0.1, 0.15) is 5.82 Å². The number of hydrogen-bond donors (Lipinski definition) is 1. The zero-order chi connectivity index (χ0) is 17.8. The van der Waals surface area contributed by atoms with Gasteiger partial charge in [-0.25, -0.2) is 0 Å². The van der Waals surface area contributed by atoms with E-state index in [1.165, 1.54) is 24.6 Å². The molecule has 5 nitrogen and oxygen atoms in total. The molecule has 0 saturated heterocycles. The number of carbonyl (C=O) groups is 1. The van der Waals surface area contributed by atoms with Crippen molar-refractivity contribution in [3.63, 3.8) is 0 Å². The number of hydrogen-bond acceptors (Lipinski definition) is 4. The predicted octanol–water partition coefficient (Wildman–Crippen LogP) is 4.06. The highest BCUT2D eigenvalue weighted by molar-refractivity contribution is 8.00. The number of aromatic nitrogens is 3. The van der Waals surface area contributed by atoms with Gasteiger partial charge in [-0.05, 0) is 38.7 Å². The van der Waals surface area contributed by atoms with Gasteiger partial charge in [0.25, 0.3) is 0 Å². The van der Waals surface area contributed by atoms with Crippen LogP contribution in [-0.4, -0.2) is 25.9 Å². The van der Waals surface area contributed by atoms with Crippen molar-refractivity contribution >= 4 is 17.7 Å². The van der Waals surface area contributed by atoms with E-state index in [9.17, 15) is 4.79 Å². The van der Waals surface area contributed by atoms with Gasteiger partial charge in [-0.15, -0.1) is 10.2 Å². The molecule has 1 aliphatic rings. The fourth-order valence-corrected chi connectivity index (χ4v) is 3.95. The van der Waals surface area contributed by atoms with Crippen LogP contribution in [0.1, 0.15) is 63.0 Å². The summed E-state index contributed by atoms with van der Waals surface area (Å²) in [5, 5.41) is 12.3. The van der Waals surface area contributed by atoms with Gasteiger partial charge in [0.15, 0.2) is 5.16 Å². The van der Waals surface area contributed by atoms with Crippen LogP contribution in [0.3, 0.4) is 0 Å². The van der Waals surface area contributed by atoms with Gasteiger partial charge in [0.05, 0.1) is 11.3 Å². The average molecular weight is 359 g/mol. The van der Waals surface area contributed by atoms with Gasteiger partial charge in [0, 0.05) is 6.04 Å². The van der Waals surface area contributed by atoms with Crippen molar-refractivity contribution in [3.8, 4) is 0 Å². The highest BCUT2D eigenvalue weighted by Crippen LogP contribution is 2.39. The first-order valence-corrected chi connectivity index (χ1v) is 9.91. The molecule has 1 heterocycles. The van der Waals surface area contributed by atoms with Gasteiger partial charge in [-0.1, -0.05) is 55.4 Å². The van der Waals surface area contributed by atoms with Crippen LogP contribution in [0.2, 0.25) is 0 Å². The normalized spacial score (nSPS) is 16.4. The van der Waals surface area contributed by atoms with Gasteiger partial charge >= 0.3 is 0 Å². The minimum atomic E-state index is -0.204. The van der Waals surface area contributed by atoms with Crippen LogP contribution in [-0.2, 0) is 4.79 Å². The third-order valence-corrected chi connectivity index (χ3v) is 5.55. The molecular formula is C19H26N4OS. The van der Waals surface area contributed by atoms with E-state index >= 15 is 0 Å². The minimum Gasteiger partial charge on any atom is -0.348 e. The van der Waals surface area contributed by atoms with E-state index in [0.29, 0.717) is 6.04 Å². The molecule has 1 aromatic heterocycles. The first-order valence-electron chi connectivity index (χ1n) is 9.03. The van der Waals surface area contributed by atoms with E-state index in [2.05, 4.69) is 39.1 Å². The van der Waals surface area contributed by atoms with E-state index in [-0.39, 0.29) is 17.2 Å². The highest BCUT2D eigenvalue weighted by Gasteiger charge is 2.30. The van der Waals surface area contributed by atoms with E-state index in [1.54, 1.807) is 0 Å². The van der Waals surface area contributed by atoms with Crippen molar-refractivity contribution in [2.24, 2.45) is 0 Å². The number of amides is 1. The van der Waals surface area contributed by atoms with Crippen molar-refractivity contribution in [2.45, 2.75) is 68.9 Å². The molecule has 3 rings (SSSR count). The lowest BCUT2D eigenvalue weighted by molar-refractivity contribution is -0.121. The Bertz CT molecular complexity index is 711. The predicted molar refractivity (Wildman–Crippen MR) is 101 cm³/mol. The molecule has 0 unspecified atom stereocenters. The van der Waals surface area contributed by atoms with E-state index in [4.69, 9.17) is 0 Å². The number of thioether (sulfide) groups is 1. The second-order valence-corrected chi connectivity index (χ2v) is 7.96. The molecular weight excluding hydrogens is 332 g/mol. The third kappa shape index (κ3) is 4.42. The lowest BCUT2D eigenvalue weighted by Crippen LogP contribution is -2.34. The van der Waals surface area contributed by atoms with Gasteiger partial charge in [-0.3, -0.25) is 4.79 Å². The Balaban J connectivity index is 1.65. The van der Waals surface area contributed by atoms with Crippen LogP contribution in [0.15, 0.2) is 35.5 Å². The molecule has 0 radical (unpaired) electrons. The van der Waals surface area contributed by atoms with E-state index < -0.39 is 0 Å². The van der Waals surface area contributed by atoms with Crippen molar-refractivity contribution < 1.29 is 4.79 Å². The summed E-state index contributed by atoms with van der Waals surface area (Å²) in [5.74, 6) is 0.987. The smallest absolute Gasteiger partial charge is 0.233 e. The highest BCUT2D eigenvalue weighted by atomic mass is 32.2. The molecule has 134 valence electrons. The maximum atomic E-state index is 12.7. The summed E-state index contributed by atoms with van der Waals surface area (Å²) in [6.45, 7) is 6.06. The third-order valence-electron chi connectivity index (χ3n) is 4.49. The zero-order valence-electron chi connectivity index (χ0n) is 15.1. The standard InChI is InChI=1S/C19H26N4OS/c1-4-8-17(15-9-6-5-7-10-15)20-18(24)13(2)25-19-22-21-14(3)23(19)16-11-12-16/h5-7,9-10,13,16-17H,4,8,11-12H2,1-3H3,(H,20,24)/t13-,17-/m1/s1. The molecule has 0 spiro atoms. The molecule has 6 heteroatoms. The molecule has 2 atom stereocenters. The van der Waals surface area contributed by atoms with Gasteiger partial charge in [-0.2, -0.15) is 0 Å². The molecule has 2 aromatic rings. The summed E-state index contributed by atoms with van der Waals surface area (Å²) in [5.41, 5.74) is 1.16. The molecule has 0 bridgehead atoms. The van der Waals surface area contributed by atoms with Crippen molar-refractivity contribution in [1.29, 1.82) is 0 Å². The second-order valence-electron chi connectivity index (χ2n) is 6.65. The fourth-order valence-electron chi connectivity index (χ4n) is 2.98. The fraction of sp³-hybridized carbons (Fsp3) is 0.526. The Morgan fingerprint density at radius 1 is 1.32 bits per heavy atom. The SMILES string of the molecule is CCC[C@@H](NC(=O)[C@@H](C)Sc1nnc(C)n1C1CC1)c1ccccc1. The Kier molecular flexibility index (Phi) is 5.78. The van der Waals surface area contributed by atoms with Crippen molar-refractivity contribution in [2.75, 3.05) is 0 Å². The summed E-state index contributed by atoms with van der Waals surface area (Å²) < 4.78 is 2.18. The van der Waals surface area contributed by atoms with Crippen LogP contribution < -0.4 is 5.32 Å². The quantitative estimate of drug-likeness (QED) is 0.723. The number of aryl methyl sites for hydroxylation is 1. The summed E-state index contributed by atoms with van der Waals surface area (Å²) in [6, 6.07) is 10.8. The average Bonchev–Trinajstić information content (AvgIpc) is 3.39.